The number of carbonyl (C=O) groups is 2. The molecule has 1 heterocycles. The Hall–Kier alpha value is -2.72. The lowest BCUT2D eigenvalue weighted by Gasteiger charge is -2.30. The van der Waals surface area contributed by atoms with E-state index in [4.69, 9.17) is 16.3 Å². The predicted molar refractivity (Wildman–Crippen MR) is 96.4 cm³/mol. The SMILES string of the molecule is CCOC(=O)C1CCN(C(=O)/C(C#N)=C\Nc2cc(Cl)ccc2O)CC1. The number of carbonyl (C=O) groups excluding carboxylic acids is 2. The summed E-state index contributed by atoms with van der Waals surface area (Å²) in [6.45, 7) is 2.85. The first-order valence-electron chi connectivity index (χ1n) is 8.27. The second-order valence-electron chi connectivity index (χ2n) is 5.79. The third-order valence-corrected chi connectivity index (χ3v) is 4.32. The highest BCUT2D eigenvalue weighted by Gasteiger charge is 2.29. The molecule has 1 aromatic rings. The van der Waals surface area contributed by atoms with Crippen molar-refractivity contribution in [1.29, 1.82) is 5.26 Å². The molecule has 0 radical (unpaired) electrons. The fraction of sp³-hybridized carbons (Fsp3) is 0.389. The van der Waals surface area contributed by atoms with Crippen molar-refractivity contribution in [1.82, 2.24) is 4.90 Å². The van der Waals surface area contributed by atoms with Crippen LogP contribution in [0.25, 0.3) is 0 Å². The van der Waals surface area contributed by atoms with Crippen molar-refractivity contribution in [3.8, 4) is 11.8 Å². The monoisotopic (exact) mass is 377 g/mol. The average Bonchev–Trinajstić information content (AvgIpc) is 2.65. The molecular weight excluding hydrogens is 358 g/mol. The van der Waals surface area contributed by atoms with Crippen molar-refractivity contribution in [2.75, 3.05) is 25.0 Å². The van der Waals surface area contributed by atoms with Gasteiger partial charge in [0.05, 0.1) is 18.2 Å². The lowest BCUT2D eigenvalue weighted by Crippen LogP contribution is -2.41. The highest BCUT2D eigenvalue weighted by atomic mass is 35.5. The van der Waals surface area contributed by atoms with Crippen molar-refractivity contribution in [3.05, 3.63) is 35.0 Å². The molecule has 0 saturated carbocycles. The zero-order valence-electron chi connectivity index (χ0n) is 14.4. The van der Waals surface area contributed by atoms with Crippen molar-refractivity contribution >= 4 is 29.2 Å². The molecule has 1 aromatic carbocycles. The molecule has 7 nitrogen and oxygen atoms in total. The van der Waals surface area contributed by atoms with Crippen molar-refractivity contribution in [2.24, 2.45) is 5.92 Å². The number of nitrogens with zero attached hydrogens (tertiary/aromatic N) is 2. The minimum Gasteiger partial charge on any atom is -0.506 e. The molecule has 2 rings (SSSR count). The number of nitriles is 1. The number of hydrogen-bond donors (Lipinski definition) is 2. The predicted octanol–water partition coefficient (Wildman–Crippen LogP) is 2.67. The van der Waals surface area contributed by atoms with Gasteiger partial charge < -0.3 is 20.1 Å². The molecular formula is C18H20ClN3O4. The zero-order chi connectivity index (χ0) is 19.1. The Morgan fingerprint density at radius 3 is 2.77 bits per heavy atom. The Labute approximate surface area is 156 Å². The largest absolute Gasteiger partial charge is 0.506 e. The molecule has 138 valence electrons. The number of amides is 1. The lowest BCUT2D eigenvalue weighted by atomic mass is 9.96. The van der Waals surface area contributed by atoms with Crippen molar-refractivity contribution < 1.29 is 19.4 Å². The average molecular weight is 378 g/mol. The molecule has 0 aliphatic carbocycles. The molecule has 26 heavy (non-hydrogen) atoms. The summed E-state index contributed by atoms with van der Waals surface area (Å²) in [7, 11) is 0. The molecule has 1 aliphatic rings. The normalized spacial score (nSPS) is 15.3. The number of anilines is 1. The maximum Gasteiger partial charge on any atom is 0.309 e. The summed E-state index contributed by atoms with van der Waals surface area (Å²) in [6, 6.07) is 6.28. The van der Waals surface area contributed by atoms with Gasteiger partial charge in [-0.2, -0.15) is 5.26 Å². The molecule has 1 aliphatic heterocycles. The molecule has 2 N–H and O–H groups in total. The number of rotatable bonds is 5. The summed E-state index contributed by atoms with van der Waals surface area (Å²) in [5, 5.41) is 22.2. The van der Waals surface area contributed by atoms with E-state index < -0.39 is 5.91 Å². The van der Waals surface area contributed by atoms with Crippen LogP contribution in [-0.4, -0.2) is 41.6 Å². The second-order valence-corrected chi connectivity index (χ2v) is 6.23. The number of benzene rings is 1. The number of piperidine rings is 1. The highest BCUT2D eigenvalue weighted by Crippen LogP contribution is 2.27. The van der Waals surface area contributed by atoms with Gasteiger partial charge >= 0.3 is 5.97 Å². The van der Waals surface area contributed by atoms with Crippen molar-refractivity contribution in [3.63, 3.8) is 0 Å². The van der Waals surface area contributed by atoms with E-state index in [1.807, 2.05) is 6.07 Å². The first-order valence-corrected chi connectivity index (χ1v) is 8.65. The maximum absolute atomic E-state index is 12.5. The Kier molecular flexibility index (Phi) is 6.87. The van der Waals surface area contributed by atoms with E-state index in [2.05, 4.69) is 5.32 Å². The summed E-state index contributed by atoms with van der Waals surface area (Å²) >= 11 is 5.86. The van der Waals surface area contributed by atoms with Crippen LogP contribution in [0.15, 0.2) is 30.0 Å². The first kappa shape index (κ1) is 19.6. The van der Waals surface area contributed by atoms with E-state index >= 15 is 0 Å². The highest BCUT2D eigenvalue weighted by molar-refractivity contribution is 6.30. The van der Waals surface area contributed by atoms with Gasteiger partial charge in [0.25, 0.3) is 5.91 Å². The van der Waals surface area contributed by atoms with Gasteiger partial charge in [-0.05, 0) is 38.0 Å². The van der Waals surface area contributed by atoms with Crippen molar-refractivity contribution in [2.45, 2.75) is 19.8 Å². The van der Waals surface area contributed by atoms with Crippen LogP contribution < -0.4 is 5.32 Å². The summed E-state index contributed by atoms with van der Waals surface area (Å²) in [4.78, 5) is 25.8. The molecule has 0 unspecified atom stereocenters. The lowest BCUT2D eigenvalue weighted by molar-refractivity contribution is -0.150. The molecule has 0 aromatic heterocycles. The van der Waals surface area contributed by atoms with Gasteiger partial charge in [-0.15, -0.1) is 0 Å². The maximum atomic E-state index is 12.5. The van der Waals surface area contributed by atoms with E-state index in [-0.39, 0.29) is 23.2 Å². The molecule has 1 fully saturated rings. The number of nitrogens with one attached hydrogen (secondary N) is 1. The number of likely N-dealkylation sites (tertiary alicyclic amines) is 1. The Morgan fingerprint density at radius 2 is 2.15 bits per heavy atom. The van der Waals surface area contributed by atoms with Crippen LogP contribution in [-0.2, 0) is 14.3 Å². The van der Waals surface area contributed by atoms with E-state index in [1.165, 1.54) is 29.3 Å². The third kappa shape index (κ3) is 4.90. The Bertz CT molecular complexity index is 749. The molecule has 0 atom stereocenters. The summed E-state index contributed by atoms with van der Waals surface area (Å²) in [5.41, 5.74) is 0.193. The van der Waals surface area contributed by atoms with Gasteiger partial charge in [0.2, 0.25) is 0 Å². The molecule has 8 heteroatoms. The Balaban J connectivity index is 2.00. The van der Waals surface area contributed by atoms with Crippen LogP contribution >= 0.6 is 11.6 Å². The summed E-state index contributed by atoms with van der Waals surface area (Å²) in [5.74, 6) is -0.932. The number of hydrogen-bond acceptors (Lipinski definition) is 6. The molecule has 0 spiro atoms. The quantitative estimate of drug-likeness (QED) is 0.354. The van der Waals surface area contributed by atoms with Crippen LogP contribution in [0.1, 0.15) is 19.8 Å². The van der Waals surface area contributed by atoms with Crippen LogP contribution in [0.2, 0.25) is 5.02 Å². The van der Waals surface area contributed by atoms with E-state index in [1.54, 1.807) is 6.92 Å². The van der Waals surface area contributed by atoms with Gasteiger partial charge in [-0.25, -0.2) is 0 Å². The smallest absolute Gasteiger partial charge is 0.309 e. The second kappa shape index (κ2) is 9.11. The number of ether oxygens (including phenoxy) is 1. The van der Waals surface area contributed by atoms with Gasteiger partial charge in [0, 0.05) is 24.3 Å². The van der Waals surface area contributed by atoms with Gasteiger partial charge in [-0.3, -0.25) is 9.59 Å². The topological polar surface area (TPSA) is 103 Å². The number of phenolic OH excluding ortho intramolecular Hbond substituents is 1. The van der Waals surface area contributed by atoms with Gasteiger partial charge in [0.1, 0.15) is 17.4 Å². The minimum absolute atomic E-state index is 0.0503. The van der Waals surface area contributed by atoms with E-state index in [0.717, 1.165) is 0 Å². The van der Waals surface area contributed by atoms with Crippen LogP contribution in [0.3, 0.4) is 0 Å². The fourth-order valence-electron chi connectivity index (χ4n) is 2.66. The zero-order valence-corrected chi connectivity index (χ0v) is 15.1. The number of aromatic hydroxyl groups is 1. The van der Waals surface area contributed by atoms with E-state index in [9.17, 15) is 20.0 Å². The Morgan fingerprint density at radius 1 is 1.46 bits per heavy atom. The third-order valence-electron chi connectivity index (χ3n) is 4.08. The standard InChI is InChI=1S/C18H20ClN3O4/c1-2-26-18(25)12-5-7-22(8-6-12)17(24)13(10-20)11-21-15-9-14(19)3-4-16(15)23/h3-4,9,11-12,21,23H,2,5-8H2,1H3/b13-11-. The number of phenols is 1. The first-order chi connectivity index (χ1) is 12.5. The van der Waals surface area contributed by atoms with Crippen LogP contribution in [0.4, 0.5) is 5.69 Å². The molecule has 1 amide bonds. The van der Waals surface area contributed by atoms with Gasteiger partial charge in [0.15, 0.2) is 0 Å². The minimum atomic E-state index is -0.427. The fourth-order valence-corrected chi connectivity index (χ4v) is 2.84. The molecule has 0 bridgehead atoms. The summed E-state index contributed by atoms with van der Waals surface area (Å²) in [6.07, 6.45) is 2.25. The number of halogens is 1. The number of esters is 1. The van der Waals surface area contributed by atoms with Crippen LogP contribution in [0, 0.1) is 17.2 Å². The van der Waals surface area contributed by atoms with Crippen LogP contribution in [0.5, 0.6) is 5.75 Å². The van der Waals surface area contributed by atoms with Gasteiger partial charge in [-0.1, -0.05) is 11.6 Å². The molecule has 1 saturated heterocycles. The van der Waals surface area contributed by atoms with E-state index in [0.29, 0.717) is 43.2 Å². The summed E-state index contributed by atoms with van der Waals surface area (Å²) < 4.78 is 5.00.